The molecule has 1 aliphatic rings. The topological polar surface area (TPSA) is 72.2 Å². The molecule has 0 aromatic heterocycles. The Kier molecular flexibility index (Phi) is 3.81. The van der Waals surface area contributed by atoms with Gasteiger partial charge < -0.3 is 5.32 Å². The summed E-state index contributed by atoms with van der Waals surface area (Å²) >= 11 is 0. The lowest BCUT2D eigenvalue weighted by Crippen LogP contribution is -2.42. The van der Waals surface area contributed by atoms with Crippen LogP contribution in [0.25, 0.3) is 0 Å². The predicted molar refractivity (Wildman–Crippen MR) is 68.2 cm³/mol. The van der Waals surface area contributed by atoms with Gasteiger partial charge in [-0.1, -0.05) is 30.3 Å². The first-order valence-corrected chi connectivity index (χ1v) is 7.55. The molecule has 0 spiro atoms. The highest BCUT2D eigenvalue weighted by Crippen LogP contribution is 2.36. The van der Waals surface area contributed by atoms with Crippen molar-refractivity contribution in [3.8, 4) is 0 Å². The Balaban J connectivity index is 1.70. The summed E-state index contributed by atoms with van der Waals surface area (Å²) in [6.07, 6.45) is 2.16. The van der Waals surface area contributed by atoms with E-state index in [2.05, 4.69) is 29.6 Å². The van der Waals surface area contributed by atoms with Crippen molar-refractivity contribution in [3.05, 3.63) is 35.9 Å². The number of rotatable bonds is 5. The molecule has 1 aromatic carbocycles. The van der Waals surface area contributed by atoms with E-state index in [1.165, 1.54) is 5.56 Å². The molecule has 1 fully saturated rings. The van der Waals surface area contributed by atoms with Crippen molar-refractivity contribution in [1.82, 2.24) is 5.32 Å². The second-order valence-electron chi connectivity index (χ2n) is 4.60. The fourth-order valence-electron chi connectivity index (χ4n) is 2.19. The van der Waals surface area contributed by atoms with Crippen LogP contribution in [0.2, 0.25) is 0 Å². The van der Waals surface area contributed by atoms with Crippen LogP contribution in [0.15, 0.2) is 30.3 Å². The summed E-state index contributed by atoms with van der Waals surface area (Å²) in [5.74, 6) is 0.627. The van der Waals surface area contributed by atoms with Crippen LogP contribution >= 0.6 is 0 Å². The molecule has 0 amide bonds. The number of nitrogens with two attached hydrogens (primary N) is 1. The Hall–Kier alpha value is -0.910. The summed E-state index contributed by atoms with van der Waals surface area (Å²) in [6.45, 7) is 0.449. The van der Waals surface area contributed by atoms with E-state index in [9.17, 15) is 8.42 Å². The van der Waals surface area contributed by atoms with Gasteiger partial charge in [-0.2, -0.15) is 0 Å². The van der Waals surface area contributed by atoms with Crippen LogP contribution in [0.3, 0.4) is 0 Å². The lowest BCUT2D eigenvalue weighted by Gasteiger charge is -2.36. The first-order valence-electron chi connectivity index (χ1n) is 5.83. The lowest BCUT2D eigenvalue weighted by molar-refractivity contribution is 0.296. The lowest BCUT2D eigenvalue weighted by atomic mass is 9.76. The third kappa shape index (κ3) is 3.80. The Morgan fingerprint density at radius 1 is 1.24 bits per heavy atom. The van der Waals surface area contributed by atoms with Gasteiger partial charge in [0.1, 0.15) is 0 Å². The van der Waals surface area contributed by atoms with Crippen LogP contribution in [0.1, 0.15) is 24.3 Å². The molecule has 0 bridgehead atoms. The molecule has 17 heavy (non-hydrogen) atoms. The van der Waals surface area contributed by atoms with E-state index in [0.29, 0.717) is 18.5 Å². The zero-order chi connectivity index (χ0) is 12.3. The maximum absolute atomic E-state index is 10.7. The molecule has 0 radical (unpaired) electrons. The van der Waals surface area contributed by atoms with E-state index < -0.39 is 10.0 Å². The van der Waals surface area contributed by atoms with E-state index in [-0.39, 0.29) is 5.75 Å². The maximum atomic E-state index is 10.7. The second-order valence-corrected chi connectivity index (χ2v) is 6.33. The van der Waals surface area contributed by atoms with E-state index in [1.807, 2.05) is 6.07 Å². The first kappa shape index (κ1) is 12.5. The van der Waals surface area contributed by atoms with Gasteiger partial charge in [-0.15, -0.1) is 0 Å². The monoisotopic (exact) mass is 254 g/mol. The van der Waals surface area contributed by atoms with E-state index >= 15 is 0 Å². The molecule has 2 rings (SSSR count). The number of hydrogen-bond acceptors (Lipinski definition) is 3. The smallest absolute Gasteiger partial charge is 0.210 e. The van der Waals surface area contributed by atoms with Crippen molar-refractivity contribution < 1.29 is 8.42 Å². The third-order valence-corrected chi connectivity index (χ3v) is 4.00. The average Bonchev–Trinajstić information content (AvgIpc) is 2.21. The molecule has 4 nitrogen and oxygen atoms in total. The summed E-state index contributed by atoms with van der Waals surface area (Å²) in [6, 6.07) is 10.8. The van der Waals surface area contributed by atoms with Gasteiger partial charge >= 0.3 is 0 Å². The molecule has 0 heterocycles. The SMILES string of the molecule is NS(=O)(=O)CCNC1CC(c2ccccc2)C1. The van der Waals surface area contributed by atoms with Gasteiger partial charge in [0.2, 0.25) is 10.0 Å². The minimum absolute atomic E-state index is 0.0134. The van der Waals surface area contributed by atoms with E-state index in [1.54, 1.807) is 0 Å². The standard InChI is InChI=1S/C12H18N2O2S/c13-17(15,16)7-6-14-12-8-11(9-12)10-4-2-1-3-5-10/h1-5,11-12,14H,6-9H2,(H2,13,15,16). The van der Waals surface area contributed by atoms with Gasteiger partial charge in [0.05, 0.1) is 5.75 Å². The Morgan fingerprint density at radius 3 is 2.47 bits per heavy atom. The first-order chi connectivity index (χ1) is 8.04. The third-order valence-electron chi connectivity index (χ3n) is 3.23. The number of benzene rings is 1. The number of hydrogen-bond donors (Lipinski definition) is 2. The van der Waals surface area contributed by atoms with Crippen LogP contribution in [-0.4, -0.2) is 26.8 Å². The molecule has 5 heteroatoms. The molecule has 0 saturated heterocycles. The van der Waals surface area contributed by atoms with Crippen molar-refractivity contribution in [3.63, 3.8) is 0 Å². The molecule has 0 unspecified atom stereocenters. The van der Waals surface area contributed by atoms with Gasteiger partial charge in [-0.25, -0.2) is 13.6 Å². The largest absolute Gasteiger partial charge is 0.313 e. The van der Waals surface area contributed by atoms with Gasteiger partial charge in [0, 0.05) is 12.6 Å². The molecular weight excluding hydrogens is 236 g/mol. The highest BCUT2D eigenvalue weighted by atomic mass is 32.2. The number of primary sulfonamides is 1. The Bertz CT molecular complexity index is 453. The summed E-state index contributed by atoms with van der Waals surface area (Å²) in [5.41, 5.74) is 1.37. The highest BCUT2D eigenvalue weighted by molar-refractivity contribution is 7.89. The summed E-state index contributed by atoms with van der Waals surface area (Å²) in [4.78, 5) is 0. The Morgan fingerprint density at radius 2 is 1.88 bits per heavy atom. The average molecular weight is 254 g/mol. The second kappa shape index (κ2) is 5.16. The van der Waals surface area contributed by atoms with Crippen molar-refractivity contribution in [2.24, 2.45) is 5.14 Å². The van der Waals surface area contributed by atoms with Crippen LogP contribution in [0.5, 0.6) is 0 Å². The number of sulfonamides is 1. The van der Waals surface area contributed by atoms with Gasteiger partial charge in [0.15, 0.2) is 0 Å². The fraction of sp³-hybridized carbons (Fsp3) is 0.500. The summed E-state index contributed by atoms with van der Waals surface area (Å²) in [5, 5.41) is 8.15. The zero-order valence-corrected chi connectivity index (χ0v) is 10.5. The molecule has 94 valence electrons. The van der Waals surface area contributed by atoms with Crippen LogP contribution in [-0.2, 0) is 10.0 Å². The van der Waals surface area contributed by atoms with Gasteiger partial charge in [-0.05, 0) is 24.3 Å². The van der Waals surface area contributed by atoms with Crippen molar-refractivity contribution >= 4 is 10.0 Å². The van der Waals surface area contributed by atoms with Gasteiger partial charge in [-0.3, -0.25) is 0 Å². The minimum Gasteiger partial charge on any atom is -0.313 e. The molecule has 3 N–H and O–H groups in total. The van der Waals surface area contributed by atoms with Gasteiger partial charge in [0.25, 0.3) is 0 Å². The normalized spacial score (nSPS) is 24.3. The fourth-order valence-corrected chi connectivity index (χ4v) is 2.59. The molecule has 1 aromatic rings. The maximum Gasteiger partial charge on any atom is 0.210 e. The zero-order valence-electron chi connectivity index (χ0n) is 9.67. The van der Waals surface area contributed by atoms with Crippen LogP contribution in [0.4, 0.5) is 0 Å². The Labute approximate surface area is 102 Å². The van der Waals surface area contributed by atoms with E-state index in [4.69, 9.17) is 5.14 Å². The summed E-state index contributed by atoms with van der Waals surface area (Å²) < 4.78 is 21.5. The van der Waals surface area contributed by atoms with Crippen molar-refractivity contribution in [1.29, 1.82) is 0 Å². The molecule has 1 aliphatic carbocycles. The summed E-state index contributed by atoms with van der Waals surface area (Å²) in [7, 11) is -3.33. The van der Waals surface area contributed by atoms with Crippen LogP contribution in [0, 0.1) is 0 Å². The van der Waals surface area contributed by atoms with Crippen molar-refractivity contribution in [2.75, 3.05) is 12.3 Å². The molecular formula is C12H18N2O2S. The van der Waals surface area contributed by atoms with Crippen LogP contribution < -0.4 is 10.5 Å². The van der Waals surface area contributed by atoms with E-state index in [0.717, 1.165) is 12.8 Å². The van der Waals surface area contributed by atoms with Crippen molar-refractivity contribution in [2.45, 2.75) is 24.8 Å². The predicted octanol–water partition coefficient (Wildman–Crippen LogP) is 0.811. The highest BCUT2D eigenvalue weighted by Gasteiger charge is 2.29. The molecule has 1 saturated carbocycles. The number of nitrogens with one attached hydrogen (secondary N) is 1. The minimum atomic E-state index is -3.33. The quantitative estimate of drug-likeness (QED) is 0.817. The molecule has 0 atom stereocenters. The molecule has 0 aliphatic heterocycles.